The summed E-state index contributed by atoms with van der Waals surface area (Å²) in [4.78, 5) is 26.5. The molecule has 2 heterocycles. The highest BCUT2D eigenvalue weighted by Crippen LogP contribution is 2.37. The number of amides is 2. The quantitative estimate of drug-likeness (QED) is 0.765. The lowest BCUT2D eigenvalue weighted by Gasteiger charge is -2.27. The van der Waals surface area contributed by atoms with Gasteiger partial charge in [-0.25, -0.2) is 8.42 Å². The molecule has 0 aromatic heterocycles. The van der Waals surface area contributed by atoms with Crippen molar-refractivity contribution in [3.63, 3.8) is 0 Å². The average Bonchev–Trinajstić information content (AvgIpc) is 2.71. The van der Waals surface area contributed by atoms with Crippen LogP contribution in [0.5, 0.6) is 0 Å². The summed E-state index contributed by atoms with van der Waals surface area (Å²) in [5.41, 5.74) is -0.154. The molecule has 0 aliphatic carbocycles. The molecular formula is C17H20ClNO4S. The summed E-state index contributed by atoms with van der Waals surface area (Å²) in [6.07, 6.45) is 1.43. The highest BCUT2D eigenvalue weighted by Gasteiger charge is 2.49. The number of sulfone groups is 1. The van der Waals surface area contributed by atoms with E-state index < -0.39 is 15.3 Å². The number of rotatable bonds is 3. The number of carbonyl (C=O) groups is 2. The Morgan fingerprint density at radius 2 is 1.92 bits per heavy atom. The molecule has 1 aromatic carbocycles. The Morgan fingerprint density at radius 1 is 1.25 bits per heavy atom. The van der Waals surface area contributed by atoms with Crippen LogP contribution < -0.4 is 0 Å². The summed E-state index contributed by atoms with van der Waals surface area (Å²) < 4.78 is 23.6. The van der Waals surface area contributed by atoms with E-state index in [1.54, 1.807) is 31.2 Å². The van der Waals surface area contributed by atoms with Crippen LogP contribution >= 0.6 is 11.6 Å². The van der Waals surface area contributed by atoms with Crippen molar-refractivity contribution in [2.75, 3.05) is 18.1 Å². The Labute approximate surface area is 146 Å². The first kappa shape index (κ1) is 17.4. The third-order valence-corrected chi connectivity index (χ3v) is 7.14. The molecule has 1 aromatic rings. The maximum atomic E-state index is 12.9. The zero-order valence-electron chi connectivity index (χ0n) is 13.5. The van der Waals surface area contributed by atoms with Gasteiger partial charge in [-0.3, -0.25) is 14.5 Å². The van der Waals surface area contributed by atoms with Crippen LogP contribution in [0, 0.1) is 5.92 Å². The van der Waals surface area contributed by atoms with E-state index in [1.165, 1.54) is 4.90 Å². The molecule has 7 heteroatoms. The predicted octanol–water partition coefficient (Wildman–Crippen LogP) is 2.18. The SMILES string of the molecule is CC1(c2ccc(Cl)cc2)CC(=O)N(CC2CCCS(=O)(=O)C2)C1=O. The highest BCUT2D eigenvalue weighted by molar-refractivity contribution is 7.91. The van der Waals surface area contributed by atoms with Crippen LogP contribution in [0.15, 0.2) is 24.3 Å². The van der Waals surface area contributed by atoms with Gasteiger partial charge in [0.15, 0.2) is 9.84 Å². The van der Waals surface area contributed by atoms with Crippen LogP contribution in [-0.2, 0) is 24.8 Å². The Morgan fingerprint density at radius 3 is 2.54 bits per heavy atom. The van der Waals surface area contributed by atoms with Crippen molar-refractivity contribution in [1.29, 1.82) is 0 Å². The molecule has 2 unspecified atom stereocenters. The lowest BCUT2D eigenvalue weighted by Crippen LogP contribution is -2.41. The van der Waals surface area contributed by atoms with Crippen molar-refractivity contribution in [3.05, 3.63) is 34.9 Å². The van der Waals surface area contributed by atoms with E-state index in [9.17, 15) is 18.0 Å². The van der Waals surface area contributed by atoms with Gasteiger partial charge < -0.3 is 0 Å². The second-order valence-corrected chi connectivity index (χ2v) is 9.61. The van der Waals surface area contributed by atoms with Gasteiger partial charge in [0.2, 0.25) is 11.8 Å². The minimum Gasteiger partial charge on any atom is -0.282 e. The normalized spacial score (nSPS) is 29.9. The fourth-order valence-corrected chi connectivity index (χ4v) is 5.52. The number of carbonyl (C=O) groups excluding carboxylic acids is 2. The second-order valence-electron chi connectivity index (χ2n) is 6.95. The number of halogens is 1. The Hall–Kier alpha value is -1.40. The molecule has 2 fully saturated rings. The fourth-order valence-electron chi connectivity index (χ4n) is 3.63. The molecule has 5 nitrogen and oxygen atoms in total. The van der Waals surface area contributed by atoms with Crippen LogP contribution in [0.2, 0.25) is 5.02 Å². The predicted molar refractivity (Wildman–Crippen MR) is 91.5 cm³/mol. The van der Waals surface area contributed by atoms with E-state index in [0.717, 1.165) is 12.0 Å². The van der Waals surface area contributed by atoms with E-state index in [-0.39, 0.29) is 42.2 Å². The molecule has 2 atom stereocenters. The monoisotopic (exact) mass is 369 g/mol. The standard InChI is InChI=1S/C17H20ClNO4S/c1-17(13-4-6-14(18)7-5-13)9-15(20)19(16(17)21)10-12-3-2-8-24(22,23)11-12/h4-7,12H,2-3,8-11H2,1H3. The number of likely N-dealkylation sites (tertiary alicyclic amines) is 1. The first-order valence-electron chi connectivity index (χ1n) is 8.02. The highest BCUT2D eigenvalue weighted by atomic mass is 35.5. The van der Waals surface area contributed by atoms with Gasteiger partial charge in [-0.2, -0.15) is 0 Å². The summed E-state index contributed by atoms with van der Waals surface area (Å²) >= 11 is 5.89. The molecule has 0 spiro atoms. The van der Waals surface area contributed by atoms with Crippen LogP contribution in [0.25, 0.3) is 0 Å². The second kappa shape index (κ2) is 6.15. The number of nitrogens with zero attached hydrogens (tertiary/aromatic N) is 1. The van der Waals surface area contributed by atoms with E-state index in [4.69, 9.17) is 11.6 Å². The number of benzene rings is 1. The molecule has 130 valence electrons. The van der Waals surface area contributed by atoms with E-state index in [1.807, 2.05) is 0 Å². The van der Waals surface area contributed by atoms with Crippen LogP contribution in [0.1, 0.15) is 31.7 Å². The Kier molecular flexibility index (Phi) is 4.47. The molecule has 2 saturated heterocycles. The minimum absolute atomic E-state index is 0.0573. The van der Waals surface area contributed by atoms with Gasteiger partial charge in [-0.15, -0.1) is 0 Å². The molecular weight excluding hydrogens is 350 g/mol. The van der Waals surface area contributed by atoms with Crippen LogP contribution in [0.4, 0.5) is 0 Å². The molecule has 3 rings (SSSR count). The zero-order valence-corrected chi connectivity index (χ0v) is 15.1. The van der Waals surface area contributed by atoms with Crippen molar-refractivity contribution < 1.29 is 18.0 Å². The third kappa shape index (κ3) is 3.22. The summed E-state index contributed by atoms with van der Waals surface area (Å²) in [6, 6.07) is 6.94. The molecule has 0 N–H and O–H groups in total. The first-order chi connectivity index (χ1) is 11.2. The fraction of sp³-hybridized carbons (Fsp3) is 0.529. The maximum Gasteiger partial charge on any atom is 0.240 e. The van der Waals surface area contributed by atoms with Crippen LogP contribution in [-0.4, -0.2) is 43.2 Å². The van der Waals surface area contributed by atoms with Crippen molar-refractivity contribution in [3.8, 4) is 0 Å². The van der Waals surface area contributed by atoms with E-state index in [2.05, 4.69) is 0 Å². The molecule has 2 aliphatic heterocycles. The van der Waals surface area contributed by atoms with Gasteiger partial charge in [0.05, 0.1) is 16.9 Å². The molecule has 0 radical (unpaired) electrons. The summed E-state index contributed by atoms with van der Waals surface area (Å²) in [5, 5.41) is 0.573. The van der Waals surface area contributed by atoms with E-state index in [0.29, 0.717) is 11.4 Å². The minimum atomic E-state index is -3.06. The molecule has 0 saturated carbocycles. The van der Waals surface area contributed by atoms with Gasteiger partial charge >= 0.3 is 0 Å². The number of hydrogen-bond donors (Lipinski definition) is 0. The van der Waals surface area contributed by atoms with Gasteiger partial charge in [-0.1, -0.05) is 23.7 Å². The summed E-state index contributed by atoms with van der Waals surface area (Å²) in [5.74, 6) is -0.391. The Bertz CT molecular complexity index is 774. The van der Waals surface area contributed by atoms with Crippen molar-refractivity contribution in [1.82, 2.24) is 4.90 Å². The van der Waals surface area contributed by atoms with Gasteiger partial charge in [0, 0.05) is 18.0 Å². The van der Waals surface area contributed by atoms with Gasteiger partial charge in [-0.05, 0) is 43.4 Å². The Balaban J connectivity index is 1.80. The van der Waals surface area contributed by atoms with Gasteiger partial charge in [0.1, 0.15) is 0 Å². The summed E-state index contributed by atoms with van der Waals surface area (Å²) in [7, 11) is -3.06. The van der Waals surface area contributed by atoms with Gasteiger partial charge in [0.25, 0.3) is 0 Å². The largest absolute Gasteiger partial charge is 0.282 e. The molecule has 24 heavy (non-hydrogen) atoms. The molecule has 0 bridgehead atoms. The third-order valence-electron chi connectivity index (χ3n) is 5.00. The topological polar surface area (TPSA) is 71.5 Å². The van der Waals surface area contributed by atoms with Crippen LogP contribution in [0.3, 0.4) is 0 Å². The smallest absolute Gasteiger partial charge is 0.240 e. The number of imide groups is 1. The average molecular weight is 370 g/mol. The van der Waals surface area contributed by atoms with Crippen molar-refractivity contribution in [2.24, 2.45) is 5.92 Å². The number of hydrogen-bond acceptors (Lipinski definition) is 4. The zero-order chi connectivity index (χ0) is 17.5. The van der Waals surface area contributed by atoms with E-state index >= 15 is 0 Å². The lowest BCUT2D eigenvalue weighted by molar-refractivity contribution is -0.140. The lowest BCUT2D eigenvalue weighted by atomic mass is 9.81. The molecule has 2 aliphatic rings. The maximum absolute atomic E-state index is 12.9. The van der Waals surface area contributed by atoms with Crippen molar-refractivity contribution >= 4 is 33.3 Å². The first-order valence-corrected chi connectivity index (χ1v) is 10.2. The molecule has 2 amide bonds. The summed E-state index contributed by atoms with van der Waals surface area (Å²) in [6.45, 7) is 1.95. The van der Waals surface area contributed by atoms with Crippen molar-refractivity contribution in [2.45, 2.75) is 31.6 Å².